The molecule has 3 atom stereocenters. The molecule has 1 fully saturated rings. The number of ether oxygens (including phenoxy) is 1. The lowest BCUT2D eigenvalue weighted by atomic mass is 10.0. The molecule has 1 saturated heterocycles. The number of rotatable bonds is 5. The van der Waals surface area contributed by atoms with Crippen LogP contribution in [0.2, 0.25) is 0 Å². The maximum Gasteiger partial charge on any atom is 0.0955 e. The zero-order valence-electron chi connectivity index (χ0n) is 12.1. The maximum atomic E-state index is 6.04. The van der Waals surface area contributed by atoms with Crippen LogP contribution in [0.5, 0.6) is 0 Å². The van der Waals surface area contributed by atoms with Crippen molar-refractivity contribution in [2.45, 2.75) is 51.4 Å². The summed E-state index contributed by atoms with van der Waals surface area (Å²) in [5.74, 6) is 0. The second kappa shape index (κ2) is 6.20. The summed E-state index contributed by atoms with van der Waals surface area (Å²) in [6.45, 7) is 5.30. The minimum absolute atomic E-state index is 0.331. The van der Waals surface area contributed by atoms with Crippen molar-refractivity contribution >= 4 is 21.6 Å². The summed E-state index contributed by atoms with van der Waals surface area (Å²) >= 11 is 1.80. The molecule has 0 spiro atoms. The summed E-state index contributed by atoms with van der Waals surface area (Å²) in [6, 6.07) is 8.74. The van der Waals surface area contributed by atoms with E-state index in [-0.39, 0.29) is 0 Å². The Balaban J connectivity index is 1.75. The third kappa shape index (κ3) is 3.03. The first-order chi connectivity index (χ1) is 9.76. The molecule has 0 saturated carbocycles. The monoisotopic (exact) mass is 290 g/mol. The minimum atomic E-state index is 0.331. The predicted molar refractivity (Wildman–Crippen MR) is 84.4 cm³/mol. The molecular formula is C16H22N2OS. The molecule has 0 aliphatic carbocycles. The van der Waals surface area contributed by atoms with Crippen LogP contribution < -0.4 is 5.32 Å². The number of nitrogens with one attached hydrogen (secondary N) is 1. The van der Waals surface area contributed by atoms with Gasteiger partial charge in [-0.2, -0.15) is 0 Å². The number of thiazole rings is 1. The van der Waals surface area contributed by atoms with Gasteiger partial charge in [0.1, 0.15) is 0 Å². The summed E-state index contributed by atoms with van der Waals surface area (Å²) in [6.07, 6.45) is 4.02. The number of fused-ring (bicyclic) bond motifs is 1. The zero-order valence-corrected chi connectivity index (χ0v) is 13.0. The van der Waals surface area contributed by atoms with Crippen LogP contribution in [0, 0.1) is 0 Å². The van der Waals surface area contributed by atoms with Crippen molar-refractivity contribution in [3.05, 3.63) is 29.3 Å². The van der Waals surface area contributed by atoms with Gasteiger partial charge in [-0.15, -0.1) is 11.3 Å². The normalized spacial score (nSPS) is 24.3. The standard InChI is InChI=1S/C16H22N2OS/c1-3-17-13(14-9-8-11(2)19-14)10-16-18-12-6-4-5-7-15(12)20-16/h4-7,11,13-14,17H,3,8-10H2,1-2H3. The zero-order chi connectivity index (χ0) is 13.9. The van der Waals surface area contributed by atoms with Crippen LogP contribution in [0.25, 0.3) is 10.2 Å². The first kappa shape index (κ1) is 14.0. The highest BCUT2D eigenvalue weighted by atomic mass is 32.1. The number of nitrogens with zero attached hydrogens (tertiary/aromatic N) is 1. The Hall–Kier alpha value is -0.970. The number of benzene rings is 1. The van der Waals surface area contributed by atoms with Gasteiger partial charge in [0, 0.05) is 12.5 Å². The number of hydrogen-bond acceptors (Lipinski definition) is 4. The van der Waals surface area contributed by atoms with Crippen molar-refractivity contribution in [2.75, 3.05) is 6.54 Å². The van der Waals surface area contributed by atoms with E-state index in [4.69, 9.17) is 9.72 Å². The Morgan fingerprint density at radius 3 is 2.95 bits per heavy atom. The fraction of sp³-hybridized carbons (Fsp3) is 0.562. The van der Waals surface area contributed by atoms with E-state index in [1.54, 1.807) is 11.3 Å². The van der Waals surface area contributed by atoms with Gasteiger partial charge < -0.3 is 10.1 Å². The van der Waals surface area contributed by atoms with E-state index in [1.807, 2.05) is 0 Å². The lowest BCUT2D eigenvalue weighted by Crippen LogP contribution is -2.41. The van der Waals surface area contributed by atoms with Crippen LogP contribution >= 0.6 is 11.3 Å². The van der Waals surface area contributed by atoms with Gasteiger partial charge in [0.25, 0.3) is 0 Å². The van der Waals surface area contributed by atoms with E-state index < -0.39 is 0 Å². The molecule has 108 valence electrons. The van der Waals surface area contributed by atoms with Crippen molar-refractivity contribution in [1.29, 1.82) is 0 Å². The van der Waals surface area contributed by atoms with E-state index in [0.717, 1.165) is 24.9 Å². The molecule has 3 unspecified atom stereocenters. The first-order valence-corrected chi connectivity index (χ1v) is 8.31. The molecule has 0 bridgehead atoms. The SMILES string of the molecule is CCNC(Cc1nc2ccccc2s1)C1CCC(C)O1. The first-order valence-electron chi connectivity index (χ1n) is 7.49. The molecule has 2 aromatic rings. The van der Waals surface area contributed by atoms with E-state index in [2.05, 4.69) is 43.4 Å². The van der Waals surface area contributed by atoms with Crippen LogP contribution in [0.15, 0.2) is 24.3 Å². The third-order valence-electron chi connectivity index (χ3n) is 3.91. The summed E-state index contributed by atoms with van der Waals surface area (Å²) in [5.41, 5.74) is 1.11. The smallest absolute Gasteiger partial charge is 0.0955 e. The van der Waals surface area contributed by atoms with Crippen LogP contribution in [0.1, 0.15) is 31.7 Å². The fourth-order valence-corrected chi connectivity index (χ4v) is 3.95. The molecule has 3 rings (SSSR count). The van der Waals surface area contributed by atoms with Crippen molar-refractivity contribution in [1.82, 2.24) is 10.3 Å². The molecule has 0 amide bonds. The maximum absolute atomic E-state index is 6.04. The van der Waals surface area contributed by atoms with Gasteiger partial charge in [-0.1, -0.05) is 19.1 Å². The lowest BCUT2D eigenvalue weighted by Gasteiger charge is -2.23. The molecule has 1 aromatic heterocycles. The number of para-hydroxylation sites is 1. The molecule has 1 aromatic carbocycles. The number of aromatic nitrogens is 1. The number of hydrogen-bond donors (Lipinski definition) is 1. The molecule has 3 nitrogen and oxygen atoms in total. The molecule has 2 heterocycles. The van der Waals surface area contributed by atoms with E-state index >= 15 is 0 Å². The van der Waals surface area contributed by atoms with Gasteiger partial charge in [0.05, 0.1) is 27.4 Å². The summed E-state index contributed by atoms with van der Waals surface area (Å²) in [4.78, 5) is 4.75. The van der Waals surface area contributed by atoms with Crippen molar-refractivity contribution in [3.8, 4) is 0 Å². The lowest BCUT2D eigenvalue weighted by molar-refractivity contribution is 0.0324. The molecule has 4 heteroatoms. The van der Waals surface area contributed by atoms with Crippen molar-refractivity contribution in [2.24, 2.45) is 0 Å². The van der Waals surface area contributed by atoms with Crippen LogP contribution in [0.4, 0.5) is 0 Å². The quantitative estimate of drug-likeness (QED) is 0.916. The van der Waals surface area contributed by atoms with Gasteiger partial charge in [-0.05, 0) is 38.4 Å². The van der Waals surface area contributed by atoms with Crippen LogP contribution in [0.3, 0.4) is 0 Å². The Kier molecular flexibility index (Phi) is 4.34. The van der Waals surface area contributed by atoms with Crippen LogP contribution in [-0.4, -0.2) is 29.8 Å². The Morgan fingerprint density at radius 2 is 2.25 bits per heavy atom. The van der Waals surface area contributed by atoms with Gasteiger partial charge in [0.2, 0.25) is 0 Å². The summed E-state index contributed by atoms with van der Waals surface area (Å²) in [5, 5.41) is 4.79. The number of likely N-dealkylation sites (N-methyl/N-ethyl adjacent to an activating group) is 1. The molecule has 1 aliphatic rings. The molecule has 20 heavy (non-hydrogen) atoms. The molecular weight excluding hydrogens is 268 g/mol. The van der Waals surface area contributed by atoms with E-state index in [9.17, 15) is 0 Å². The van der Waals surface area contributed by atoms with Crippen LogP contribution in [-0.2, 0) is 11.2 Å². The molecule has 1 N–H and O–H groups in total. The average Bonchev–Trinajstić information content (AvgIpc) is 3.03. The van der Waals surface area contributed by atoms with Gasteiger partial charge in [-0.25, -0.2) is 4.98 Å². The van der Waals surface area contributed by atoms with Gasteiger partial charge in [-0.3, -0.25) is 0 Å². The Bertz CT molecular complexity index is 535. The van der Waals surface area contributed by atoms with Crippen molar-refractivity contribution < 1.29 is 4.74 Å². The predicted octanol–water partition coefficient (Wildman–Crippen LogP) is 3.38. The highest BCUT2D eigenvalue weighted by molar-refractivity contribution is 7.18. The van der Waals surface area contributed by atoms with E-state index in [0.29, 0.717) is 18.2 Å². The van der Waals surface area contributed by atoms with Gasteiger partial charge in [0.15, 0.2) is 0 Å². The second-order valence-electron chi connectivity index (χ2n) is 5.51. The largest absolute Gasteiger partial charge is 0.374 e. The third-order valence-corrected chi connectivity index (χ3v) is 4.97. The Labute approximate surface area is 124 Å². The summed E-state index contributed by atoms with van der Waals surface area (Å²) < 4.78 is 7.31. The fourth-order valence-electron chi connectivity index (χ4n) is 2.92. The van der Waals surface area contributed by atoms with Crippen molar-refractivity contribution in [3.63, 3.8) is 0 Å². The molecule has 1 aliphatic heterocycles. The molecule has 0 radical (unpaired) electrons. The highest BCUT2D eigenvalue weighted by Crippen LogP contribution is 2.27. The summed E-state index contributed by atoms with van der Waals surface area (Å²) in [7, 11) is 0. The van der Waals surface area contributed by atoms with E-state index in [1.165, 1.54) is 16.1 Å². The van der Waals surface area contributed by atoms with Gasteiger partial charge >= 0.3 is 0 Å². The Morgan fingerprint density at radius 1 is 1.40 bits per heavy atom. The minimum Gasteiger partial charge on any atom is -0.374 e. The highest BCUT2D eigenvalue weighted by Gasteiger charge is 2.29. The second-order valence-corrected chi connectivity index (χ2v) is 6.62. The average molecular weight is 290 g/mol. The topological polar surface area (TPSA) is 34.2 Å².